The number of rotatable bonds is 6. The molecule has 0 bridgehead atoms. The number of hydrogen-bond donors (Lipinski definition) is 2. The lowest BCUT2D eigenvalue weighted by Gasteiger charge is -2.14. The summed E-state index contributed by atoms with van der Waals surface area (Å²) >= 11 is 0. The van der Waals surface area contributed by atoms with Crippen molar-refractivity contribution in [3.05, 3.63) is 88.3 Å². The molecule has 0 fully saturated rings. The number of aryl methyl sites for hydroxylation is 1. The first-order valence-electron chi connectivity index (χ1n) is 9.62. The highest BCUT2D eigenvalue weighted by molar-refractivity contribution is 6.05. The van der Waals surface area contributed by atoms with E-state index in [0.29, 0.717) is 22.3 Å². The number of nitrogens with one attached hydrogen (secondary N) is 1. The maximum atomic E-state index is 12.3. The van der Waals surface area contributed by atoms with Crippen molar-refractivity contribution < 1.29 is 19.1 Å². The van der Waals surface area contributed by atoms with E-state index in [4.69, 9.17) is 9.15 Å². The van der Waals surface area contributed by atoms with Crippen molar-refractivity contribution in [1.29, 1.82) is 0 Å². The van der Waals surface area contributed by atoms with Gasteiger partial charge in [0.2, 0.25) is 0 Å². The minimum Gasteiger partial charge on any atom is -0.483 e. The molecule has 30 heavy (non-hydrogen) atoms. The van der Waals surface area contributed by atoms with Gasteiger partial charge in [0.05, 0.1) is 11.5 Å². The zero-order chi connectivity index (χ0) is 21.1. The molecule has 0 aliphatic rings. The highest BCUT2D eigenvalue weighted by Gasteiger charge is 2.14. The zero-order valence-corrected chi connectivity index (χ0v) is 16.4. The summed E-state index contributed by atoms with van der Waals surface area (Å²) in [4.78, 5) is 24.4. The maximum Gasteiger partial charge on any atom is 0.344 e. The summed E-state index contributed by atoms with van der Waals surface area (Å²) in [5.41, 5.74) is 1.40. The Morgan fingerprint density at radius 1 is 1.00 bits per heavy atom. The number of aliphatic hydroxyl groups is 1. The van der Waals surface area contributed by atoms with Crippen LogP contribution in [0.1, 0.15) is 17.2 Å². The molecule has 1 atom stereocenters. The van der Waals surface area contributed by atoms with E-state index < -0.39 is 11.7 Å². The third kappa shape index (κ3) is 3.90. The molecule has 0 unspecified atom stereocenters. The Labute approximate surface area is 172 Å². The van der Waals surface area contributed by atoms with Gasteiger partial charge in [-0.1, -0.05) is 48.5 Å². The number of carbonyl (C=O) groups excluding carboxylic acids is 1. The molecule has 0 radical (unpaired) electrons. The predicted molar refractivity (Wildman–Crippen MR) is 115 cm³/mol. The number of fused-ring (bicyclic) bond motifs is 3. The lowest BCUT2D eigenvalue weighted by molar-refractivity contribution is -0.123. The van der Waals surface area contributed by atoms with Crippen LogP contribution in [-0.4, -0.2) is 24.2 Å². The summed E-state index contributed by atoms with van der Waals surface area (Å²) in [7, 11) is 0. The van der Waals surface area contributed by atoms with E-state index in [1.165, 1.54) is 0 Å². The van der Waals surface area contributed by atoms with Crippen molar-refractivity contribution in [1.82, 2.24) is 5.32 Å². The quantitative estimate of drug-likeness (QED) is 0.380. The van der Waals surface area contributed by atoms with E-state index >= 15 is 0 Å². The minimum absolute atomic E-state index is 0.0871. The second-order valence-electron chi connectivity index (χ2n) is 7.02. The van der Waals surface area contributed by atoms with E-state index in [-0.39, 0.29) is 19.1 Å². The van der Waals surface area contributed by atoms with Crippen LogP contribution < -0.4 is 15.7 Å². The number of ether oxygens (including phenoxy) is 1. The molecule has 2 N–H and O–H groups in total. The summed E-state index contributed by atoms with van der Waals surface area (Å²) < 4.78 is 11.2. The van der Waals surface area contributed by atoms with Crippen molar-refractivity contribution in [3.63, 3.8) is 0 Å². The highest BCUT2D eigenvalue weighted by Crippen LogP contribution is 2.30. The third-order valence-electron chi connectivity index (χ3n) is 5.02. The number of amides is 1. The topological polar surface area (TPSA) is 88.8 Å². The average Bonchev–Trinajstić information content (AvgIpc) is 2.78. The van der Waals surface area contributed by atoms with Crippen molar-refractivity contribution in [2.75, 3.05) is 13.2 Å². The fraction of sp³-hybridized carbons (Fsp3) is 0.167. The van der Waals surface area contributed by atoms with Crippen LogP contribution in [0.3, 0.4) is 0 Å². The van der Waals surface area contributed by atoms with Gasteiger partial charge in [0.1, 0.15) is 11.3 Å². The molecular weight excluding hydrogens is 382 g/mol. The molecule has 4 aromatic rings. The number of aliphatic hydroxyl groups excluding tert-OH is 1. The van der Waals surface area contributed by atoms with E-state index in [9.17, 15) is 14.7 Å². The standard InChI is InChI=1S/C24H21NO5/c1-15-21(29-14-22(27)25-13-20(26)16-7-3-2-4-8-16)12-11-18-17-9-5-6-10-19(17)24(28)30-23(15)18/h2-12,20,26H,13-14H2,1H3,(H,25,27)/t20-/m0/s1. The van der Waals surface area contributed by atoms with Crippen molar-refractivity contribution in [2.24, 2.45) is 0 Å². The maximum absolute atomic E-state index is 12.3. The molecule has 1 amide bonds. The Balaban J connectivity index is 1.46. The molecule has 152 valence electrons. The second kappa shape index (κ2) is 8.39. The molecule has 4 rings (SSSR count). The zero-order valence-electron chi connectivity index (χ0n) is 16.4. The third-order valence-corrected chi connectivity index (χ3v) is 5.02. The van der Waals surface area contributed by atoms with Gasteiger partial charge < -0.3 is 19.6 Å². The Morgan fingerprint density at radius 3 is 2.47 bits per heavy atom. The lowest BCUT2D eigenvalue weighted by atomic mass is 10.0. The Hall–Kier alpha value is -3.64. The average molecular weight is 403 g/mol. The van der Waals surface area contributed by atoms with Crippen LogP contribution in [0, 0.1) is 6.92 Å². The molecule has 1 aromatic heterocycles. The summed E-state index contributed by atoms with van der Waals surface area (Å²) in [6, 6.07) is 20.0. The summed E-state index contributed by atoms with van der Waals surface area (Å²) in [5, 5.41) is 14.9. The molecular formula is C24H21NO5. The first-order chi connectivity index (χ1) is 14.5. The van der Waals surface area contributed by atoms with Crippen molar-refractivity contribution in [3.8, 4) is 5.75 Å². The van der Waals surface area contributed by atoms with Gasteiger partial charge in [0.15, 0.2) is 6.61 Å². The van der Waals surface area contributed by atoms with Crippen LogP contribution in [0.25, 0.3) is 21.7 Å². The van der Waals surface area contributed by atoms with Gasteiger partial charge in [-0.2, -0.15) is 0 Å². The van der Waals surface area contributed by atoms with Gasteiger partial charge in [0.25, 0.3) is 5.91 Å². The first kappa shape index (κ1) is 19.7. The van der Waals surface area contributed by atoms with Crippen LogP contribution in [0.2, 0.25) is 0 Å². The molecule has 6 heteroatoms. The minimum atomic E-state index is -0.792. The molecule has 0 spiro atoms. The summed E-state index contributed by atoms with van der Waals surface area (Å²) in [6.07, 6.45) is -0.792. The molecule has 0 saturated heterocycles. The largest absolute Gasteiger partial charge is 0.483 e. The van der Waals surface area contributed by atoms with E-state index in [0.717, 1.165) is 16.3 Å². The summed E-state index contributed by atoms with van der Waals surface area (Å²) in [5.74, 6) is 0.101. The monoisotopic (exact) mass is 403 g/mol. The van der Waals surface area contributed by atoms with Gasteiger partial charge in [-0.25, -0.2) is 4.79 Å². The molecule has 6 nitrogen and oxygen atoms in total. The van der Waals surface area contributed by atoms with Crippen LogP contribution >= 0.6 is 0 Å². The molecule has 3 aromatic carbocycles. The lowest BCUT2D eigenvalue weighted by Crippen LogP contribution is -2.32. The number of hydrogen-bond acceptors (Lipinski definition) is 5. The van der Waals surface area contributed by atoms with Gasteiger partial charge in [-0.15, -0.1) is 0 Å². The fourth-order valence-electron chi connectivity index (χ4n) is 3.42. The van der Waals surface area contributed by atoms with E-state index in [1.54, 1.807) is 37.3 Å². The Kier molecular flexibility index (Phi) is 5.50. The Morgan fingerprint density at radius 2 is 1.70 bits per heavy atom. The summed E-state index contributed by atoms with van der Waals surface area (Å²) in [6.45, 7) is 1.65. The number of carbonyl (C=O) groups is 1. The SMILES string of the molecule is Cc1c(OCC(=O)NC[C@H](O)c2ccccc2)ccc2c1oc(=O)c1ccccc12. The predicted octanol–water partition coefficient (Wildman–Crippen LogP) is 3.48. The molecule has 0 aliphatic carbocycles. The van der Waals surface area contributed by atoms with Crippen LogP contribution in [0.15, 0.2) is 75.9 Å². The van der Waals surface area contributed by atoms with Gasteiger partial charge in [-0.05, 0) is 36.1 Å². The van der Waals surface area contributed by atoms with Gasteiger partial charge in [0, 0.05) is 17.5 Å². The van der Waals surface area contributed by atoms with E-state index in [1.807, 2.05) is 36.4 Å². The van der Waals surface area contributed by atoms with Crippen molar-refractivity contribution in [2.45, 2.75) is 13.0 Å². The van der Waals surface area contributed by atoms with Gasteiger partial charge in [-0.3, -0.25) is 4.79 Å². The van der Waals surface area contributed by atoms with Crippen molar-refractivity contribution >= 4 is 27.6 Å². The first-order valence-corrected chi connectivity index (χ1v) is 9.62. The smallest absolute Gasteiger partial charge is 0.344 e. The van der Waals surface area contributed by atoms with E-state index in [2.05, 4.69) is 5.32 Å². The molecule has 1 heterocycles. The molecule has 0 aliphatic heterocycles. The van der Waals surface area contributed by atoms with Gasteiger partial charge >= 0.3 is 5.63 Å². The second-order valence-corrected chi connectivity index (χ2v) is 7.02. The normalized spacial score (nSPS) is 12.1. The fourth-order valence-corrected chi connectivity index (χ4v) is 3.42. The highest BCUT2D eigenvalue weighted by atomic mass is 16.5. The Bertz CT molecular complexity index is 1260. The van der Waals surface area contributed by atoms with Crippen LogP contribution in [0.4, 0.5) is 0 Å². The van der Waals surface area contributed by atoms with Crippen LogP contribution in [-0.2, 0) is 4.79 Å². The van der Waals surface area contributed by atoms with Crippen LogP contribution in [0.5, 0.6) is 5.75 Å². The molecule has 0 saturated carbocycles. The number of benzene rings is 3.